The molecular weight excluding hydrogens is 566 g/mol. The Labute approximate surface area is 252 Å². The van der Waals surface area contributed by atoms with E-state index in [-0.39, 0.29) is 41.7 Å². The molecule has 226 valence electrons. The topological polar surface area (TPSA) is 106 Å². The van der Waals surface area contributed by atoms with Gasteiger partial charge in [0.2, 0.25) is 11.8 Å². The average molecular weight is 604 g/mol. The van der Waals surface area contributed by atoms with Crippen LogP contribution in [0, 0.1) is 5.92 Å². The Morgan fingerprint density at radius 1 is 0.907 bits per heavy atom. The largest absolute Gasteiger partial charge is 0.494 e. The minimum absolute atomic E-state index is 0.00839. The number of pyridine rings is 1. The van der Waals surface area contributed by atoms with Crippen molar-refractivity contribution >= 4 is 21.7 Å². The number of rotatable bonds is 3. The monoisotopic (exact) mass is 603 g/mol. The van der Waals surface area contributed by atoms with E-state index < -0.39 is 9.84 Å². The molecule has 0 saturated carbocycles. The predicted octanol–water partition coefficient (Wildman–Crippen LogP) is 3.61. The van der Waals surface area contributed by atoms with Gasteiger partial charge in [-0.3, -0.25) is 14.6 Å². The lowest BCUT2D eigenvalue weighted by atomic mass is 9.87. The summed E-state index contributed by atoms with van der Waals surface area (Å²) >= 11 is 0. The number of hydrogen-bond donors (Lipinski definition) is 0. The second-order valence-corrected chi connectivity index (χ2v) is 13.8. The van der Waals surface area contributed by atoms with Crippen molar-refractivity contribution < 1.29 is 27.5 Å². The highest BCUT2D eigenvalue weighted by Crippen LogP contribution is 2.38. The van der Waals surface area contributed by atoms with Crippen LogP contribution in [0.25, 0.3) is 0 Å². The summed E-state index contributed by atoms with van der Waals surface area (Å²) in [6.45, 7) is 2.22. The molecule has 1 aromatic heterocycles. The molecule has 5 heterocycles. The Balaban J connectivity index is 1.25. The number of nitrogens with zero attached hydrogens (tertiary/aromatic N) is 3. The number of ether oxygens (including phenoxy) is 2. The van der Waals surface area contributed by atoms with Crippen molar-refractivity contribution in [2.75, 3.05) is 44.4 Å². The molecule has 0 radical (unpaired) electrons. The molecule has 6 bridgehead atoms. The van der Waals surface area contributed by atoms with Gasteiger partial charge in [0.15, 0.2) is 0 Å². The average Bonchev–Trinajstić information content (AvgIpc) is 3.01. The van der Waals surface area contributed by atoms with Crippen molar-refractivity contribution in [1.29, 1.82) is 0 Å². The van der Waals surface area contributed by atoms with Gasteiger partial charge in [-0.15, -0.1) is 0 Å². The Morgan fingerprint density at radius 2 is 1.72 bits per heavy atom. The summed E-state index contributed by atoms with van der Waals surface area (Å²) in [6, 6.07) is 17.5. The number of amides is 2. The number of carbonyl (C=O) groups excluding carboxylic acids is 2. The predicted molar refractivity (Wildman–Crippen MR) is 162 cm³/mol. The molecule has 3 aromatic rings. The molecular formula is C33H37N3O6S. The maximum Gasteiger partial charge on any atom is 0.227 e. The molecule has 1 atom stereocenters. The third kappa shape index (κ3) is 6.85. The Morgan fingerprint density at radius 3 is 2.53 bits per heavy atom. The van der Waals surface area contributed by atoms with Crippen LogP contribution in [0.2, 0.25) is 0 Å². The van der Waals surface area contributed by atoms with Crippen LogP contribution in [0.3, 0.4) is 0 Å². The summed E-state index contributed by atoms with van der Waals surface area (Å²) in [5, 5.41) is 0. The third-order valence-corrected chi connectivity index (χ3v) is 10.3. The summed E-state index contributed by atoms with van der Waals surface area (Å²) in [4.78, 5) is 35.0. The van der Waals surface area contributed by atoms with E-state index in [0.29, 0.717) is 64.3 Å². The molecule has 0 aliphatic carbocycles. The highest BCUT2D eigenvalue weighted by atomic mass is 32.2. The van der Waals surface area contributed by atoms with E-state index in [9.17, 15) is 18.0 Å². The molecule has 0 spiro atoms. The number of fused-ring (bicyclic) bond motifs is 8. The summed E-state index contributed by atoms with van der Waals surface area (Å²) in [6.07, 6.45) is 5.79. The van der Waals surface area contributed by atoms with E-state index in [1.165, 1.54) is 0 Å². The normalized spacial score (nSPS) is 20.6. The van der Waals surface area contributed by atoms with Crippen molar-refractivity contribution in [3.63, 3.8) is 0 Å². The highest BCUT2D eigenvalue weighted by Gasteiger charge is 2.33. The van der Waals surface area contributed by atoms with E-state index >= 15 is 0 Å². The fourth-order valence-electron chi connectivity index (χ4n) is 6.32. The molecule has 1 fully saturated rings. The van der Waals surface area contributed by atoms with Gasteiger partial charge in [-0.1, -0.05) is 24.3 Å². The Hall–Kier alpha value is -3.92. The maximum atomic E-state index is 13.6. The molecule has 0 N–H and O–H groups in total. The number of benzene rings is 2. The van der Waals surface area contributed by atoms with Gasteiger partial charge in [0.1, 0.15) is 27.9 Å². The minimum atomic E-state index is -3.05. The first-order chi connectivity index (χ1) is 20.9. The Bertz CT molecular complexity index is 1560. The molecule has 1 saturated heterocycles. The lowest BCUT2D eigenvalue weighted by Gasteiger charge is -2.38. The lowest BCUT2D eigenvalue weighted by molar-refractivity contribution is -0.136. The first kappa shape index (κ1) is 29.2. The Kier molecular flexibility index (Phi) is 8.65. The lowest BCUT2D eigenvalue weighted by Crippen LogP contribution is -2.42. The number of hydrogen-bond acceptors (Lipinski definition) is 7. The molecule has 9 nitrogen and oxygen atoms in total. The fraction of sp³-hybridized carbons (Fsp3) is 0.424. The zero-order chi connectivity index (χ0) is 29.8. The smallest absolute Gasteiger partial charge is 0.227 e. The van der Waals surface area contributed by atoms with Crippen LogP contribution in [0.15, 0.2) is 67.0 Å². The van der Waals surface area contributed by atoms with Gasteiger partial charge in [0.25, 0.3) is 0 Å². The van der Waals surface area contributed by atoms with E-state index in [0.717, 1.165) is 28.0 Å². The molecule has 10 heteroatoms. The van der Waals surface area contributed by atoms with E-state index in [4.69, 9.17) is 9.47 Å². The molecule has 2 amide bonds. The van der Waals surface area contributed by atoms with Crippen molar-refractivity contribution in [2.24, 2.45) is 5.92 Å². The summed E-state index contributed by atoms with van der Waals surface area (Å²) in [5.74, 6) is 1.33. The first-order valence-corrected chi connectivity index (χ1v) is 16.8. The SMILES string of the molecule is O=C(C1CCS(=O)(=O)CC1)N1CCCOc2cccc(c2)C2c3ccc(cc3CCN2C(=O)Cc2cccnc2)OCC1. The van der Waals surface area contributed by atoms with Gasteiger partial charge in [0.05, 0.1) is 37.1 Å². The van der Waals surface area contributed by atoms with Gasteiger partial charge in [-0.25, -0.2) is 8.42 Å². The first-order valence-electron chi connectivity index (χ1n) is 15.0. The second kappa shape index (κ2) is 12.8. The number of aromatic nitrogens is 1. The van der Waals surface area contributed by atoms with Crippen molar-refractivity contribution in [3.05, 3.63) is 89.2 Å². The van der Waals surface area contributed by atoms with Gasteiger partial charge in [-0.05, 0) is 78.3 Å². The standard InChI is InChI=1S/C33H37N3O6S/c37-31(20-24-4-2-12-34-23-24)36-14-9-26-21-29-7-8-30(26)32(36)27-5-1-6-28(22-27)41-16-3-13-35(15-17-42-29)33(38)25-10-18-43(39,40)19-11-25/h1-2,4-8,12,21-23,25,32H,3,9-11,13-20H2. The van der Waals surface area contributed by atoms with Crippen LogP contribution in [0.5, 0.6) is 11.5 Å². The summed E-state index contributed by atoms with van der Waals surface area (Å²) in [5.41, 5.74) is 4.05. The van der Waals surface area contributed by atoms with Crippen LogP contribution < -0.4 is 9.47 Å². The van der Waals surface area contributed by atoms with Crippen LogP contribution in [-0.2, 0) is 32.3 Å². The zero-order valence-electron chi connectivity index (χ0n) is 24.2. The molecule has 43 heavy (non-hydrogen) atoms. The van der Waals surface area contributed by atoms with Crippen molar-refractivity contribution in [2.45, 2.75) is 38.1 Å². The highest BCUT2D eigenvalue weighted by molar-refractivity contribution is 7.91. The van der Waals surface area contributed by atoms with Gasteiger partial charge in [0, 0.05) is 31.4 Å². The van der Waals surface area contributed by atoms with Gasteiger partial charge >= 0.3 is 0 Å². The van der Waals surface area contributed by atoms with E-state index in [2.05, 4.69) is 11.1 Å². The van der Waals surface area contributed by atoms with Gasteiger partial charge in [-0.2, -0.15) is 0 Å². The van der Waals surface area contributed by atoms with E-state index in [1.54, 1.807) is 17.3 Å². The van der Waals surface area contributed by atoms with E-state index in [1.807, 2.05) is 53.4 Å². The minimum Gasteiger partial charge on any atom is -0.494 e. The fourth-order valence-corrected chi connectivity index (χ4v) is 7.81. The zero-order valence-corrected chi connectivity index (χ0v) is 25.0. The van der Waals surface area contributed by atoms with Crippen molar-refractivity contribution in [3.8, 4) is 11.5 Å². The number of carbonyl (C=O) groups is 2. The molecule has 1 unspecified atom stereocenters. The summed E-state index contributed by atoms with van der Waals surface area (Å²) < 4.78 is 36.1. The maximum absolute atomic E-state index is 13.6. The van der Waals surface area contributed by atoms with Gasteiger partial charge < -0.3 is 19.3 Å². The summed E-state index contributed by atoms with van der Waals surface area (Å²) in [7, 11) is -3.05. The van der Waals surface area contributed by atoms with Crippen LogP contribution in [-0.4, -0.2) is 79.4 Å². The van der Waals surface area contributed by atoms with Crippen LogP contribution in [0.4, 0.5) is 0 Å². The molecule has 4 aliphatic heterocycles. The molecule has 2 aromatic carbocycles. The van der Waals surface area contributed by atoms with Crippen LogP contribution >= 0.6 is 0 Å². The number of sulfone groups is 1. The van der Waals surface area contributed by atoms with Crippen molar-refractivity contribution in [1.82, 2.24) is 14.8 Å². The quantitative estimate of drug-likeness (QED) is 0.450. The third-order valence-electron chi connectivity index (χ3n) is 8.60. The second-order valence-electron chi connectivity index (χ2n) is 11.5. The molecule has 4 aliphatic rings. The molecule has 7 rings (SSSR count). The van der Waals surface area contributed by atoms with Crippen LogP contribution in [0.1, 0.15) is 47.6 Å².